The number of unbranched alkanes of at least 4 members (excludes halogenated alkanes) is 11. The van der Waals surface area contributed by atoms with Crippen molar-refractivity contribution in [3.63, 3.8) is 0 Å². The number of carbonyl (C=O) groups is 1. The molecule has 0 saturated carbocycles. The van der Waals surface area contributed by atoms with Crippen molar-refractivity contribution in [3.8, 4) is 0 Å². The molecule has 0 aromatic heterocycles. The average molecular weight is 331 g/mol. The molecule has 1 N–H and O–H groups in total. The summed E-state index contributed by atoms with van der Waals surface area (Å²) in [5.74, 6) is -0.727. The molecule has 0 rings (SSSR count). The first-order valence-corrected chi connectivity index (χ1v) is 9.97. The Morgan fingerprint density at radius 3 is 1.36 bits per heavy atom. The van der Waals surface area contributed by atoms with E-state index in [0.29, 0.717) is 12.8 Å². The van der Waals surface area contributed by atoms with E-state index in [4.69, 9.17) is 0 Å². The Morgan fingerprint density at radius 1 is 0.727 bits per heavy atom. The Hall–Kier alpha value is -0.180. The number of hydrogen-bond acceptors (Lipinski definition) is 2. The third-order valence-electron chi connectivity index (χ3n) is 4.54. The van der Waals surface area contributed by atoms with Crippen LogP contribution in [0.25, 0.3) is 0 Å². The topological polar surface area (TPSA) is 37.3 Å². The smallest absolute Gasteiger partial charge is 0.319 e. The number of thiol groups is 1. The van der Waals surface area contributed by atoms with Gasteiger partial charge in [0.2, 0.25) is 0 Å². The van der Waals surface area contributed by atoms with Crippen molar-refractivity contribution in [2.24, 2.45) is 0 Å². The third kappa shape index (κ3) is 11.4. The minimum absolute atomic E-state index is 0.716. The zero-order chi connectivity index (χ0) is 16.7. The molecule has 0 bridgehead atoms. The SMILES string of the molecule is CCCCCCCCCC(S)(CCCCCCCC)C(=O)O. The molecule has 22 heavy (non-hydrogen) atoms. The van der Waals surface area contributed by atoms with Crippen molar-refractivity contribution >= 4 is 18.6 Å². The van der Waals surface area contributed by atoms with E-state index in [-0.39, 0.29) is 0 Å². The zero-order valence-electron chi connectivity index (χ0n) is 14.9. The fourth-order valence-corrected chi connectivity index (χ4v) is 3.23. The highest BCUT2D eigenvalue weighted by Gasteiger charge is 2.32. The lowest BCUT2D eigenvalue weighted by atomic mass is 9.93. The van der Waals surface area contributed by atoms with E-state index in [0.717, 1.165) is 25.7 Å². The monoisotopic (exact) mass is 330 g/mol. The Bertz CT molecular complexity index is 268. The maximum Gasteiger partial charge on any atom is 0.319 e. The number of rotatable bonds is 16. The molecule has 0 aromatic carbocycles. The van der Waals surface area contributed by atoms with E-state index < -0.39 is 10.7 Å². The van der Waals surface area contributed by atoms with Crippen LogP contribution in [0.4, 0.5) is 0 Å². The van der Waals surface area contributed by atoms with Gasteiger partial charge in [0.15, 0.2) is 0 Å². The standard InChI is InChI=1S/C19H38O2S/c1-3-5-7-9-11-13-15-17-19(22,18(20)21)16-14-12-10-8-6-4-2/h22H,3-17H2,1-2H3,(H,20,21). The Labute approximate surface area is 143 Å². The highest BCUT2D eigenvalue weighted by atomic mass is 32.1. The van der Waals surface area contributed by atoms with E-state index in [1.54, 1.807) is 0 Å². The van der Waals surface area contributed by atoms with Crippen LogP contribution >= 0.6 is 12.6 Å². The van der Waals surface area contributed by atoms with Crippen molar-refractivity contribution in [1.29, 1.82) is 0 Å². The molecule has 0 amide bonds. The molecule has 0 aliphatic rings. The van der Waals surface area contributed by atoms with E-state index in [1.807, 2.05) is 0 Å². The highest BCUT2D eigenvalue weighted by Crippen LogP contribution is 2.30. The maximum atomic E-state index is 11.5. The number of aliphatic carboxylic acids is 1. The molecule has 0 spiro atoms. The normalized spacial score (nSPS) is 14.0. The van der Waals surface area contributed by atoms with Crippen LogP contribution in [0.2, 0.25) is 0 Å². The van der Waals surface area contributed by atoms with Crippen LogP contribution in [0.15, 0.2) is 0 Å². The number of hydrogen-bond donors (Lipinski definition) is 2. The molecular formula is C19H38O2S. The fourth-order valence-electron chi connectivity index (χ4n) is 2.91. The Kier molecular flexibility index (Phi) is 14.3. The van der Waals surface area contributed by atoms with Gasteiger partial charge in [-0.2, -0.15) is 12.6 Å². The summed E-state index contributed by atoms with van der Waals surface area (Å²) in [5, 5.41) is 9.47. The third-order valence-corrected chi connectivity index (χ3v) is 5.17. The van der Waals surface area contributed by atoms with E-state index in [1.165, 1.54) is 57.8 Å². The van der Waals surface area contributed by atoms with E-state index >= 15 is 0 Å². The lowest BCUT2D eigenvalue weighted by Crippen LogP contribution is -2.32. The van der Waals surface area contributed by atoms with Crippen LogP contribution in [-0.4, -0.2) is 15.8 Å². The Morgan fingerprint density at radius 2 is 1.05 bits per heavy atom. The lowest BCUT2D eigenvalue weighted by Gasteiger charge is -2.23. The summed E-state index contributed by atoms with van der Waals surface area (Å²) in [6.45, 7) is 4.44. The van der Waals surface area contributed by atoms with Gasteiger partial charge >= 0.3 is 5.97 Å². The van der Waals surface area contributed by atoms with Gasteiger partial charge in [-0.15, -0.1) is 0 Å². The fraction of sp³-hybridized carbons (Fsp3) is 0.947. The molecule has 0 aliphatic heterocycles. The summed E-state index contributed by atoms with van der Waals surface area (Å²) in [6.07, 6.45) is 17.2. The van der Waals surface area contributed by atoms with Crippen LogP contribution in [0.5, 0.6) is 0 Å². The van der Waals surface area contributed by atoms with Gasteiger partial charge in [-0.05, 0) is 12.8 Å². The minimum Gasteiger partial charge on any atom is -0.480 e. The van der Waals surface area contributed by atoms with Gasteiger partial charge in [-0.3, -0.25) is 4.79 Å². The summed E-state index contributed by atoms with van der Waals surface area (Å²) in [6, 6.07) is 0. The summed E-state index contributed by atoms with van der Waals surface area (Å²) in [7, 11) is 0. The second-order valence-electron chi connectivity index (χ2n) is 6.73. The molecule has 132 valence electrons. The molecule has 0 aliphatic carbocycles. The summed E-state index contributed by atoms with van der Waals surface area (Å²) in [5.41, 5.74) is 0. The second-order valence-corrected chi connectivity index (χ2v) is 7.58. The molecule has 2 nitrogen and oxygen atoms in total. The summed E-state index contributed by atoms with van der Waals surface area (Å²) < 4.78 is -0.797. The van der Waals surface area contributed by atoms with E-state index in [9.17, 15) is 9.90 Å². The van der Waals surface area contributed by atoms with Gasteiger partial charge in [-0.1, -0.05) is 97.3 Å². The first kappa shape index (κ1) is 21.8. The van der Waals surface area contributed by atoms with Crippen LogP contribution in [0.1, 0.15) is 110 Å². The van der Waals surface area contributed by atoms with E-state index in [2.05, 4.69) is 26.5 Å². The lowest BCUT2D eigenvalue weighted by molar-refractivity contribution is -0.140. The van der Waals surface area contributed by atoms with Crippen LogP contribution in [0, 0.1) is 0 Å². The highest BCUT2D eigenvalue weighted by molar-refractivity contribution is 7.82. The van der Waals surface area contributed by atoms with Gasteiger partial charge in [0.25, 0.3) is 0 Å². The molecule has 3 heteroatoms. The van der Waals surface area contributed by atoms with Gasteiger partial charge in [0, 0.05) is 0 Å². The van der Waals surface area contributed by atoms with Crippen LogP contribution in [-0.2, 0) is 4.79 Å². The van der Waals surface area contributed by atoms with Gasteiger partial charge in [-0.25, -0.2) is 0 Å². The second kappa shape index (κ2) is 14.4. The predicted octanol–water partition coefficient (Wildman–Crippen LogP) is 6.63. The van der Waals surface area contributed by atoms with Crippen molar-refractivity contribution in [2.45, 2.75) is 115 Å². The number of carboxylic acids is 1. The first-order valence-electron chi connectivity index (χ1n) is 9.52. The molecule has 0 aromatic rings. The summed E-state index contributed by atoms with van der Waals surface area (Å²) in [4.78, 5) is 11.5. The molecule has 0 fully saturated rings. The van der Waals surface area contributed by atoms with Gasteiger partial charge in [0.05, 0.1) is 0 Å². The molecule has 0 radical (unpaired) electrons. The molecular weight excluding hydrogens is 292 g/mol. The molecule has 0 heterocycles. The van der Waals surface area contributed by atoms with Crippen molar-refractivity contribution in [2.75, 3.05) is 0 Å². The van der Waals surface area contributed by atoms with Gasteiger partial charge in [0.1, 0.15) is 4.75 Å². The first-order chi connectivity index (χ1) is 10.6. The van der Waals surface area contributed by atoms with Gasteiger partial charge < -0.3 is 5.11 Å². The maximum absolute atomic E-state index is 11.5. The molecule has 1 atom stereocenters. The van der Waals surface area contributed by atoms with Crippen molar-refractivity contribution in [3.05, 3.63) is 0 Å². The minimum atomic E-state index is -0.797. The largest absolute Gasteiger partial charge is 0.480 e. The molecule has 0 saturated heterocycles. The quantitative estimate of drug-likeness (QED) is 0.246. The summed E-state index contributed by atoms with van der Waals surface area (Å²) >= 11 is 4.52. The number of carboxylic acid groups (broad SMARTS) is 1. The molecule has 1 unspecified atom stereocenters. The average Bonchev–Trinajstić information content (AvgIpc) is 2.49. The zero-order valence-corrected chi connectivity index (χ0v) is 15.8. The van der Waals surface area contributed by atoms with Crippen molar-refractivity contribution in [1.82, 2.24) is 0 Å². The predicted molar refractivity (Wildman–Crippen MR) is 100.0 cm³/mol. The van der Waals surface area contributed by atoms with Crippen LogP contribution in [0.3, 0.4) is 0 Å². The Balaban J connectivity index is 3.79. The van der Waals surface area contributed by atoms with Crippen molar-refractivity contribution < 1.29 is 9.90 Å². The van der Waals surface area contributed by atoms with Crippen LogP contribution < -0.4 is 0 Å².